The normalized spacial score (nSPS) is 11.9. The van der Waals surface area contributed by atoms with Gasteiger partial charge >= 0.3 is 0 Å². The van der Waals surface area contributed by atoms with Gasteiger partial charge in [0.25, 0.3) is 0 Å². The summed E-state index contributed by atoms with van der Waals surface area (Å²) in [4.78, 5) is 25.0. The molecule has 4 rings (SSSR count). The van der Waals surface area contributed by atoms with Crippen molar-refractivity contribution in [1.29, 1.82) is 0 Å². The zero-order valence-corrected chi connectivity index (χ0v) is 13.4. The molecule has 0 saturated heterocycles. The number of aldehydes is 2. The number of carbonyl (C=O) groups excluding carboxylic acids is 2. The van der Waals surface area contributed by atoms with Crippen LogP contribution in [-0.2, 0) is 6.54 Å². The Morgan fingerprint density at radius 2 is 1.28 bits per heavy atom. The van der Waals surface area contributed by atoms with Gasteiger partial charge in [-0.25, -0.2) is 0 Å². The van der Waals surface area contributed by atoms with Crippen LogP contribution in [0.1, 0.15) is 26.3 Å². The summed E-state index contributed by atoms with van der Waals surface area (Å²) in [5.41, 5.74) is 3.66. The first-order chi connectivity index (χ1) is 12.3. The monoisotopic (exact) mass is 329 g/mol. The van der Waals surface area contributed by atoms with E-state index in [0.717, 1.165) is 29.5 Å². The molecule has 25 heavy (non-hydrogen) atoms. The maximum Gasteiger partial charge on any atom is 0.161 e. The van der Waals surface area contributed by atoms with Crippen molar-refractivity contribution in [2.45, 2.75) is 6.54 Å². The van der Waals surface area contributed by atoms with E-state index in [1.54, 1.807) is 12.1 Å². The number of nitrogens with zero attached hydrogens (tertiary/aromatic N) is 1. The molecule has 0 amide bonds. The fraction of sp³-hybridized carbons (Fsp3) is 0.0476. The lowest BCUT2D eigenvalue weighted by Gasteiger charge is -2.34. The molecule has 3 aromatic carbocycles. The topological polar surface area (TPSA) is 46.6 Å². The Labute approximate surface area is 145 Å². The first kappa shape index (κ1) is 15.1. The molecule has 0 spiro atoms. The van der Waals surface area contributed by atoms with Crippen molar-refractivity contribution in [3.05, 3.63) is 83.4 Å². The second-order valence-corrected chi connectivity index (χ2v) is 5.80. The number of ether oxygens (including phenoxy) is 1. The van der Waals surface area contributed by atoms with Crippen LogP contribution in [0.25, 0.3) is 0 Å². The van der Waals surface area contributed by atoms with Gasteiger partial charge in [0.1, 0.15) is 0 Å². The zero-order valence-electron chi connectivity index (χ0n) is 13.4. The standard InChI is InChI=1S/C21H15NO3/c23-13-16-8-4-10-18-20(16)25-21-17(14-24)9-5-11-19(21)22(18)12-15-6-2-1-3-7-15/h1-11,13-14H,12H2. The third kappa shape index (κ3) is 2.58. The Hall–Kier alpha value is -3.40. The first-order valence-electron chi connectivity index (χ1n) is 7.97. The van der Waals surface area contributed by atoms with E-state index in [2.05, 4.69) is 4.90 Å². The SMILES string of the molecule is O=Cc1cccc2c1Oc1c(C=O)cccc1N2Cc1ccccc1. The lowest BCUT2D eigenvalue weighted by atomic mass is 10.1. The fourth-order valence-corrected chi connectivity index (χ4v) is 3.09. The largest absolute Gasteiger partial charge is 0.451 e. The number of anilines is 2. The summed E-state index contributed by atoms with van der Waals surface area (Å²) in [7, 11) is 0. The van der Waals surface area contributed by atoms with Crippen LogP contribution >= 0.6 is 0 Å². The van der Waals surface area contributed by atoms with E-state index in [-0.39, 0.29) is 0 Å². The van der Waals surface area contributed by atoms with Crippen LogP contribution in [0.15, 0.2) is 66.7 Å². The number of carbonyl (C=O) groups is 2. The van der Waals surface area contributed by atoms with Gasteiger partial charge in [0, 0.05) is 6.54 Å². The van der Waals surface area contributed by atoms with Gasteiger partial charge in [-0.05, 0) is 29.8 Å². The van der Waals surface area contributed by atoms with Crippen molar-refractivity contribution in [3.63, 3.8) is 0 Å². The number of rotatable bonds is 4. The Kier molecular flexibility index (Phi) is 3.78. The van der Waals surface area contributed by atoms with Crippen molar-refractivity contribution < 1.29 is 14.3 Å². The van der Waals surface area contributed by atoms with Crippen LogP contribution in [0.3, 0.4) is 0 Å². The molecule has 1 aliphatic heterocycles. The van der Waals surface area contributed by atoms with Gasteiger partial charge < -0.3 is 9.64 Å². The summed E-state index contributed by atoms with van der Waals surface area (Å²) in [5, 5.41) is 0. The molecule has 1 heterocycles. The first-order valence-corrected chi connectivity index (χ1v) is 7.97. The molecule has 0 bridgehead atoms. The van der Waals surface area contributed by atoms with Crippen molar-refractivity contribution >= 4 is 23.9 Å². The molecule has 4 heteroatoms. The molecule has 0 saturated carbocycles. The van der Waals surface area contributed by atoms with E-state index in [9.17, 15) is 9.59 Å². The van der Waals surface area contributed by atoms with Crippen molar-refractivity contribution in [3.8, 4) is 11.5 Å². The lowest BCUT2D eigenvalue weighted by molar-refractivity contribution is 0.111. The van der Waals surface area contributed by atoms with Crippen LogP contribution in [0.5, 0.6) is 11.5 Å². The predicted octanol–water partition coefficient (Wildman–Crippen LogP) is 4.76. The second kappa shape index (κ2) is 6.24. The number of fused-ring (bicyclic) bond motifs is 2. The molecule has 0 atom stereocenters. The molecule has 0 fully saturated rings. The van der Waals surface area contributed by atoms with Crippen molar-refractivity contribution in [1.82, 2.24) is 0 Å². The van der Waals surface area contributed by atoms with Gasteiger partial charge in [0.15, 0.2) is 24.1 Å². The number of para-hydroxylation sites is 2. The Balaban J connectivity index is 1.91. The molecule has 0 aliphatic carbocycles. The highest BCUT2D eigenvalue weighted by atomic mass is 16.5. The van der Waals surface area contributed by atoms with E-state index in [0.29, 0.717) is 29.2 Å². The smallest absolute Gasteiger partial charge is 0.161 e. The molecule has 0 aromatic heterocycles. The number of hydrogen-bond donors (Lipinski definition) is 0. The maximum atomic E-state index is 11.4. The minimum Gasteiger partial charge on any atom is -0.451 e. The Morgan fingerprint density at radius 3 is 1.80 bits per heavy atom. The van der Waals surface area contributed by atoms with Crippen LogP contribution in [0.4, 0.5) is 11.4 Å². The van der Waals surface area contributed by atoms with Crippen LogP contribution in [-0.4, -0.2) is 12.6 Å². The summed E-state index contributed by atoms with van der Waals surface area (Å²) in [6.45, 7) is 0.606. The molecule has 0 unspecified atom stereocenters. The molecular formula is C21H15NO3. The number of benzene rings is 3. The summed E-state index contributed by atoms with van der Waals surface area (Å²) < 4.78 is 5.99. The fourth-order valence-electron chi connectivity index (χ4n) is 3.09. The highest BCUT2D eigenvalue weighted by Crippen LogP contribution is 2.49. The Bertz CT molecular complexity index is 893. The maximum absolute atomic E-state index is 11.4. The van der Waals surface area contributed by atoms with Gasteiger partial charge in [-0.3, -0.25) is 9.59 Å². The van der Waals surface area contributed by atoms with E-state index in [1.807, 2.05) is 54.6 Å². The highest BCUT2D eigenvalue weighted by molar-refractivity contribution is 5.92. The molecule has 0 N–H and O–H groups in total. The second-order valence-electron chi connectivity index (χ2n) is 5.80. The van der Waals surface area contributed by atoms with Gasteiger partial charge in [-0.2, -0.15) is 0 Å². The van der Waals surface area contributed by atoms with Crippen molar-refractivity contribution in [2.24, 2.45) is 0 Å². The minimum absolute atomic E-state index is 0.460. The third-order valence-corrected chi connectivity index (χ3v) is 4.27. The van der Waals surface area contributed by atoms with Gasteiger partial charge in [0.2, 0.25) is 0 Å². The molecule has 122 valence electrons. The van der Waals surface area contributed by atoms with Gasteiger partial charge in [0.05, 0.1) is 22.5 Å². The highest BCUT2D eigenvalue weighted by Gasteiger charge is 2.28. The summed E-state index contributed by atoms with van der Waals surface area (Å²) in [5.74, 6) is 0.963. The average molecular weight is 329 g/mol. The molecule has 4 nitrogen and oxygen atoms in total. The zero-order chi connectivity index (χ0) is 17.2. The molecule has 3 aromatic rings. The average Bonchev–Trinajstić information content (AvgIpc) is 2.67. The molecule has 1 aliphatic rings. The predicted molar refractivity (Wildman–Crippen MR) is 96.0 cm³/mol. The summed E-state index contributed by atoms with van der Waals surface area (Å²) >= 11 is 0. The van der Waals surface area contributed by atoms with E-state index >= 15 is 0 Å². The van der Waals surface area contributed by atoms with Crippen LogP contribution in [0, 0.1) is 0 Å². The minimum atomic E-state index is 0.460. The molecular weight excluding hydrogens is 314 g/mol. The van der Waals surface area contributed by atoms with E-state index in [4.69, 9.17) is 4.74 Å². The number of hydrogen-bond acceptors (Lipinski definition) is 4. The van der Waals surface area contributed by atoms with E-state index in [1.165, 1.54) is 0 Å². The van der Waals surface area contributed by atoms with Crippen LogP contribution in [0.2, 0.25) is 0 Å². The lowest BCUT2D eigenvalue weighted by Crippen LogP contribution is -2.22. The third-order valence-electron chi connectivity index (χ3n) is 4.27. The summed E-state index contributed by atoms with van der Waals surface area (Å²) in [6, 6.07) is 21.0. The van der Waals surface area contributed by atoms with E-state index < -0.39 is 0 Å². The Morgan fingerprint density at radius 1 is 0.720 bits per heavy atom. The van der Waals surface area contributed by atoms with Crippen LogP contribution < -0.4 is 9.64 Å². The summed E-state index contributed by atoms with van der Waals surface area (Å²) in [6.07, 6.45) is 1.54. The van der Waals surface area contributed by atoms with Gasteiger partial charge in [-0.1, -0.05) is 42.5 Å². The van der Waals surface area contributed by atoms with Gasteiger partial charge in [-0.15, -0.1) is 0 Å². The quantitative estimate of drug-likeness (QED) is 0.648. The van der Waals surface area contributed by atoms with Crippen molar-refractivity contribution in [2.75, 3.05) is 4.90 Å². The molecule has 0 radical (unpaired) electrons.